The molecule has 1 rings (SSSR count). The molecule has 0 aliphatic heterocycles. The van der Waals surface area contributed by atoms with E-state index >= 15 is 0 Å². The summed E-state index contributed by atoms with van der Waals surface area (Å²) in [6.45, 7) is 5.27. The number of thioether (sulfide) groups is 1. The van der Waals surface area contributed by atoms with Gasteiger partial charge in [0.2, 0.25) is 0 Å². The topological polar surface area (TPSA) is 66.4 Å². The minimum Gasteiger partial charge on any atom is -0.480 e. The molecule has 110 valence electrons. The zero-order chi connectivity index (χ0) is 15.5. The van der Waals surface area contributed by atoms with Gasteiger partial charge < -0.3 is 10.4 Å². The van der Waals surface area contributed by atoms with Gasteiger partial charge in [-0.05, 0) is 29.9 Å². The molecule has 0 spiro atoms. The number of rotatable bonds is 4. The number of aliphatic carboxylic acids is 1. The molecule has 0 saturated heterocycles. The van der Waals surface area contributed by atoms with E-state index in [1.807, 2.05) is 12.3 Å². The largest absolute Gasteiger partial charge is 0.480 e. The maximum absolute atomic E-state index is 12.2. The highest BCUT2D eigenvalue weighted by Crippen LogP contribution is 2.24. The first kappa shape index (κ1) is 16.9. The van der Waals surface area contributed by atoms with Gasteiger partial charge in [-0.1, -0.05) is 32.4 Å². The van der Waals surface area contributed by atoms with E-state index in [0.29, 0.717) is 5.02 Å². The number of carboxylic acids is 1. The highest BCUT2D eigenvalue weighted by molar-refractivity contribution is 7.98. The van der Waals surface area contributed by atoms with E-state index in [1.165, 1.54) is 11.8 Å². The minimum atomic E-state index is -1.07. The third kappa shape index (κ3) is 4.15. The number of carbonyl (C=O) groups excluding carboxylic acids is 1. The SMILES string of the molecule is CSc1ccc(Cl)c(C(=O)N[C@H](C(=O)O)C(C)(C)C)c1. The molecule has 0 aliphatic carbocycles. The van der Waals surface area contributed by atoms with Crippen molar-refractivity contribution in [1.29, 1.82) is 0 Å². The fraction of sp³-hybridized carbons (Fsp3) is 0.429. The zero-order valence-corrected chi connectivity index (χ0v) is 13.4. The lowest BCUT2D eigenvalue weighted by Crippen LogP contribution is -2.49. The number of halogens is 1. The van der Waals surface area contributed by atoms with Crippen molar-refractivity contribution in [1.82, 2.24) is 5.32 Å². The van der Waals surface area contributed by atoms with Crippen molar-refractivity contribution in [2.45, 2.75) is 31.7 Å². The summed E-state index contributed by atoms with van der Waals surface area (Å²) in [4.78, 5) is 24.4. The second kappa shape index (κ2) is 6.50. The summed E-state index contributed by atoms with van der Waals surface area (Å²) >= 11 is 7.49. The molecule has 1 aromatic rings. The van der Waals surface area contributed by atoms with Crippen LogP contribution in [0, 0.1) is 5.41 Å². The summed E-state index contributed by atoms with van der Waals surface area (Å²) in [7, 11) is 0. The Morgan fingerprint density at radius 2 is 1.95 bits per heavy atom. The Morgan fingerprint density at radius 1 is 1.35 bits per heavy atom. The van der Waals surface area contributed by atoms with Gasteiger partial charge in [0.25, 0.3) is 5.91 Å². The van der Waals surface area contributed by atoms with Crippen LogP contribution in [0.4, 0.5) is 0 Å². The monoisotopic (exact) mass is 315 g/mol. The van der Waals surface area contributed by atoms with Crippen molar-refractivity contribution in [2.75, 3.05) is 6.26 Å². The Labute approximate surface area is 127 Å². The highest BCUT2D eigenvalue weighted by atomic mass is 35.5. The van der Waals surface area contributed by atoms with Crippen LogP contribution in [0.3, 0.4) is 0 Å². The standard InChI is InChI=1S/C14H18ClNO3S/c1-14(2,3)11(13(18)19)16-12(17)9-7-8(20-4)5-6-10(9)15/h5-7,11H,1-4H3,(H,16,17)(H,18,19)/t11-/m1/s1. The Balaban J connectivity index is 3.03. The molecular weight excluding hydrogens is 298 g/mol. The second-order valence-electron chi connectivity index (χ2n) is 5.46. The van der Waals surface area contributed by atoms with E-state index in [4.69, 9.17) is 11.6 Å². The molecule has 0 fully saturated rings. The highest BCUT2D eigenvalue weighted by Gasteiger charge is 2.33. The van der Waals surface area contributed by atoms with E-state index in [0.717, 1.165) is 4.90 Å². The molecule has 2 N–H and O–H groups in total. The van der Waals surface area contributed by atoms with Crippen LogP contribution in [0.5, 0.6) is 0 Å². The second-order valence-corrected chi connectivity index (χ2v) is 6.74. The first-order valence-electron chi connectivity index (χ1n) is 6.04. The van der Waals surface area contributed by atoms with Gasteiger partial charge in [-0.2, -0.15) is 0 Å². The van der Waals surface area contributed by atoms with Crippen LogP contribution in [0.15, 0.2) is 23.1 Å². The fourth-order valence-electron chi connectivity index (χ4n) is 1.66. The number of carbonyl (C=O) groups is 2. The van der Waals surface area contributed by atoms with Crippen LogP contribution < -0.4 is 5.32 Å². The summed E-state index contributed by atoms with van der Waals surface area (Å²) < 4.78 is 0. The lowest BCUT2D eigenvalue weighted by atomic mass is 9.86. The molecule has 0 aromatic heterocycles. The Hall–Kier alpha value is -1.20. The molecule has 4 nitrogen and oxygen atoms in total. The van der Waals surface area contributed by atoms with Crippen molar-refractivity contribution >= 4 is 35.2 Å². The van der Waals surface area contributed by atoms with Crippen molar-refractivity contribution in [2.24, 2.45) is 5.41 Å². The van der Waals surface area contributed by atoms with Crippen molar-refractivity contribution < 1.29 is 14.7 Å². The van der Waals surface area contributed by atoms with E-state index < -0.39 is 23.3 Å². The van der Waals surface area contributed by atoms with E-state index in [1.54, 1.807) is 32.9 Å². The average molecular weight is 316 g/mol. The molecule has 1 atom stereocenters. The minimum absolute atomic E-state index is 0.286. The average Bonchev–Trinajstić information content (AvgIpc) is 2.34. The van der Waals surface area contributed by atoms with Gasteiger partial charge in [0.05, 0.1) is 10.6 Å². The van der Waals surface area contributed by atoms with Crippen LogP contribution in [-0.2, 0) is 4.79 Å². The molecule has 1 amide bonds. The van der Waals surface area contributed by atoms with Crippen molar-refractivity contribution in [3.05, 3.63) is 28.8 Å². The van der Waals surface area contributed by atoms with Gasteiger partial charge in [0.15, 0.2) is 0 Å². The Kier molecular flexibility index (Phi) is 5.48. The first-order chi connectivity index (χ1) is 9.16. The number of nitrogens with one attached hydrogen (secondary N) is 1. The van der Waals surface area contributed by atoms with Gasteiger partial charge >= 0.3 is 5.97 Å². The molecule has 0 aliphatic rings. The predicted octanol–water partition coefficient (Wildman–Crippen LogP) is 3.29. The van der Waals surface area contributed by atoms with Gasteiger partial charge in [0, 0.05) is 4.90 Å². The van der Waals surface area contributed by atoms with E-state index in [2.05, 4.69) is 5.32 Å². The van der Waals surface area contributed by atoms with Gasteiger partial charge in [-0.15, -0.1) is 11.8 Å². The summed E-state index contributed by atoms with van der Waals surface area (Å²) in [6.07, 6.45) is 1.89. The lowest BCUT2D eigenvalue weighted by molar-refractivity contribution is -0.142. The third-order valence-electron chi connectivity index (χ3n) is 2.81. The normalized spacial score (nSPS) is 12.8. The van der Waals surface area contributed by atoms with Crippen LogP contribution in [0.25, 0.3) is 0 Å². The van der Waals surface area contributed by atoms with Crippen molar-refractivity contribution in [3.63, 3.8) is 0 Å². The number of benzene rings is 1. The molecule has 0 radical (unpaired) electrons. The van der Waals surface area contributed by atoms with E-state index in [-0.39, 0.29) is 5.56 Å². The summed E-state index contributed by atoms with van der Waals surface area (Å²) in [5, 5.41) is 12.1. The number of carboxylic acid groups (broad SMARTS) is 1. The summed E-state index contributed by atoms with van der Waals surface area (Å²) in [5.74, 6) is -1.55. The summed E-state index contributed by atoms with van der Waals surface area (Å²) in [6, 6.07) is 4.12. The molecule has 20 heavy (non-hydrogen) atoms. The van der Waals surface area contributed by atoms with Crippen LogP contribution in [0.1, 0.15) is 31.1 Å². The first-order valence-corrected chi connectivity index (χ1v) is 7.64. The zero-order valence-electron chi connectivity index (χ0n) is 11.9. The fourth-order valence-corrected chi connectivity index (χ4v) is 2.31. The third-order valence-corrected chi connectivity index (χ3v) is 3.86. The van der Waals surface area contributed by atoms with Gasteiger partial charge in [0.1, 0.15) is 6.04 Å². The molecule has 0 unspecified atom stereocenters. The van der Waals surface area contributed by atoms with Crippen LogP contribution in [-0.4, -0.2) is 29.3 Å². The lowest BCUT2D eigenvalue weighted by Gasteiger charge is -2.27. The van der Waals surface area contributed by atoms with E-state index in [9.17, 15) is 14.7 Å². The molecule has 0 saturated carbocycles. The number of hydrogen-bond acceptors (Lipinski definition) is 3. The molecule has 6 heteroatoms. The maximum atomic E-state index is 12.2. The number of amides is 1. The maximum Gasteiger partial charge on any atom is 0.326 e. The Morgan fingerprint density at radius 3 is 2.40 bits per heavy atom. The van der Waals surface area contributed by atoms with Gasteiger partial charge in [-0.25, -0.2) is 4.79 Å². The molecule has 0 heterocycles. The quantitative estimate of drug-likeness (QED) is 0.837. The van der Waals surface area contributed by atoms with Crippen LogP contribution in [0.2, 0.25) is 5.02 Å². The Bertz CT molecular complexity index is 526. The van der Waals surface area contributed by atoms with Crippen LogP contribution >= 0.6 is 23.4 Å². The molecular formula is C14H18ClNO3S. The summed E-state index contributed by atoms with van der Waals surface area (Å²) in [5.41, 5.74) is -0.306. The smallest absolute Gasteiger partial charge is 0.326 e. The molecule has 1 aromatic carbocycles. The van der Waals surface area contributed by atoms with Crippen molar-refractivity contribution in [3.8, 4) is 0 Å². The number of hydrogen-bond donors (Lipinski definition) is 2. The molecule has 0 bridgehead atoms. The predicted molar refractivity (Wildman–Crippen MR) is 81.6 cm³/mol. The van der Waals surface area contributed by atoms with Gasteiger partial charge in [-0.3, -0.25) is 4.79 Å².